The zero-order valence-electron chi connectivity index (χ0n) is 10.1. The highest BCUT2D eigenvalue weighted by molar-refractivity contribution is 5.87. The van der Waals surface area contributed by atoms with Crippen molar-refractivity contribution in [1.82, 2.24) is 4.98 Å². The summed E-state index contributed by atoms with van der Waals surface area (Å²) in [5.74, 6) is 0.862. The number of methoxy groups -OCH3 is 1. The van der Waals surface area contributed by atoms with Crippen molar-refractivity contribution in [1.29, 1.82) is 0 Å². The van der Waals surface area contributed by atoms with Gasteiger partial charge in [0, 0.05) is 22.3 Å². The first-order valence-electron chi connectivity index (χ1n) is 5.79. The summed E-state index contributed by atoms with van der Waals surface area (Å²) in [5.41, 5.74) is 9.81. The van der Waals surface area contributed by atoms with E-state index < -0.39 is 0 Å². The van der Waals surface area contributed by atoms with Crippen LogP contribution >= 0.6 is 0 Å². The van der Waals surface area contributed by atoms with Crippen LogP contribution in [0.25, 0.3) is 22.2 Å². The van der Waals surface area contributed by atoms with Crippen LogP contribution < -0.4 is 10.5 Å². The van der Waals surface area contributed by atoms with Gasteiger partial charge in [0.15, 0.2) is 0 Å². The smallest absolute Gasteiger partial charge is 0.119 e. The molecule has 0 aliphatic rings. The van der Waals surface area contributed by atoms with E-state index >= 15 is 0 Å². The lowest BCUT2D eigenvalue weighted by Gasteiger charge is -1.98. The van der Waals surface area contributed by atoms with Crippen LogP contribution in [-0.4, -0.2) is 12.1 Å². The summed E-state index contributed by atoms with van der Waals surface area (Å²) >= 11 is 0. The van der Waals surface area contributed by atoms with Crippen molar-refractivity contribution < 1.29 is 4.74 Å². The number of fused-ring (bicyclic) bond motifs is 1. The molecule has 3 N–H and O–H groups in total. The number of rotatable bonds is 2. The minimum Gasteiger partial charge on any atom is -0.497 e. The average molecular weight is 238 g/mol. The number of aromatic nitrogens is 1. The van der Waals surface area contributed by atoms with Crippen molar-refractivity contribution in [3.8, 4) is 17.0 Å². The van der Waals surface area contributed by atoms with Crippen molar-refractivity contribution in [2.24, 2.45) is 0 Å². The Labute approximate surface area is 105 Å². The Hall–Kier alpha value is -2.42. The number of nitrogens with two attached hydrogens (primary N) is 1. The summed E-state index contributed by atoms with van der Waals surface area (Å²) in [5, 5.41) is 1.13. The molecule has 1 aromatic heterocycles. The predicted octanol–water partition coefficient (Wildman–Crippen LogP) is 3.43. The van der Waals surface area contributed by atoms with Crippen LogP contribution in [0.3, 0.4) is 0 Å². The summed E-state index contributed by atoms with van der Waals surface area (Å²) in [6, 6.07) is 15.9. The molecular formula is C15H14N2O. The highest BCUT2D eigenvalue weighted by Gasteiger charge is 2.04. The Morgan fingerprint density at radius 1 is 1.06 bits per heavy atom. The number of hydrogen-bond acceptors (Lipinski definition) is 2. The number of nitrogens with one attached hydrogen (secondary N) is 1. The number of hydrogen-bond donors (Lipinski definition) is 2. The van der Waals surface area contributed by atoms with Gasteiger partial charge >= 0.3 is 0 Å². The van der Waals surface area contributed by atoms with E-state index in [9.17, 15) is 0 Å². The largest absolute Gasteiger partial charge is 0.497 e. The second-order valence-corrected chi connectivity index (χ2v) is 4.26. The Morgan fingerprint density at radius 2 is 1.94 bits per heavy atom. The molecule has 0 fully saturated rings. The number of ether oxygens (including phenoxy) is 1. The van der Waals surface area contributed by atoms with Crippen LogP contribution in [0.2, 0.25) is 0 Å². The van der Waals surface area contributed by atoms with Gasteiger partial charge in [-0.2, -0.15) is 0 Å². The van der Waals surface area contributed by atoms with Crippen LogP contribution in [0.4, 0.5) is 5.69 Å². The van der Waals surface area contributed by atoms with Gasteiger partial charge in [0.05, 0.1) is 7.11 Å². The molecule has 1 heterocycles. The molecule has 3 heteroatoms. The second-order valence-electron chi connectivity index (χ2n) is 4.26. The monoisotopic (exact) mass is 238 g/mol. The third-order valence-corrected chi connectivity index (χ3v) is 3.03. The first kappa shape index (κ1) is 10.7. The van der Waals surface area contributed by atoms with Crippen LogP contribution in [0, 0.1) is 0 Å². The highest BCUT2D eigenvalue weighted by Crippen LogP contribution is 2.27. The number of nitrogen functional groups attached to an aromatic ring is 1. The average Bonchev–Trinajstić information content (AvgIpc) is 2.81. The van der Waals surface area contributed by atoms with Gasteiger partial charge in [-0.05, 0) is 42.0 Å². The Kier molecular flexibility index (Phi) is 2.45. The van der Waals surface area contributed by atoms with Crippen LogP contribution in [0.5, 0.6) is 5.75 Å². The van der Waals surface area contributed by atoms with Crippen molar-refractivity contribution in [3.05, 3.63) is 48.5 Å². The fraction of sp³-hybridized carbons (Fsp3) is 0.0667. The Balaban J connectivity index is 2.13. The molecule has 0 radical (unpaired) electrons. The van der Waals surface area contributed by atoms with E-state index in [0.29, 0.717) is 0 Å². The molecule has 0 bridgehead atoms. The lowest BCUT2D eigenvalue weighted by Crippen LogP contribution is -1.84. The quantitative estimate of drug-likeness (QED) is 0.672. The molecule has 0 aliphatic heterocycles. The molecule has 0 saturated heterocycles. The number of aromatic amines is 1. The standard InChI is InChI=1S/C15H14N2O/c1-18-13-5-6-14-11(8-13)9-15(17-14)10-3-2-4-12(16)7-10/h2-9,17H,16H2,1H3. The minimum absolute atomic E-state index is 0.767. The van der Waals surface area contributed by atoms with Gasteiger partial charge in [0.1, 0.15) is 5.75 Å². The molecule has 0 unspecified atom stereocenters. The molecule has 0 aliphatic carbocycles. The topological polar surface area (TPSA) is 51.0 Å². The zero-order valence-corrected chi connectivity index (χ0v) is 10.1. The summed E-state index contributed by atoms with van der Waals surface area (Å²) in [6.07, 6.45) is 0. The van der Waals surface area contributed by atoms with Crippen LogP contribution in [-0.2, 0) is 0 Å². The molecule has 18 heavy (non-hydrogen) atoms. The minimum atomic E-state index is 0.767. The molecule has 90 valence electrons. The molecule has 0 spiro atoms. The summed E-state index contributed by atoms with van der Waals surface area (Å²) in [7, 11) is 1.67. The van der Waals surface area contributed by atoms with Crippen LogP contribution in [0.1, 0.15) is 0 Å². The van der Waals surface area contributed by atoms with E-state index in [4.69, 9.17) is 10.5 Å². The van der Waals surface area contributed by atoms with E-state index in [1.165, 1.54) is 0 Å². The van der Waals surface area contributed by atoms with E-state index in [0.717, 1.165) is 33.6 Å². The first-order valence-corrected chi connectivity index (χ1v) is 5.79. The van der Waals surface area contributed by atoms with E-state index in [1.54, 1.807) is 7.11 Å². The molecule has 3 nitrogen and oxygen atoms in total. The third-order valence-electron chi connectivity index (χ3n) is 3.03. The summed E-state index contributed by atoms with van der Waals surface area (Å²) in [6.45, 7) is 0. The van der Waals surface area contributed by atoms with Crippen LogP contribution in [0.15, 0.2) is 48.5 Å². The molecule has 3 rings (SSSR count). The van der Waals surface area contributed by atoms with Crippen molar-refractivity contribution >= 4 is 16.6 Å². The first-order chi connectivity index (χ1) is 8.76. The second kappa shape index (κ2) is 4.11. The molecule has 0 amide bonds. The van der Waals surface area contributed by atoms with Crippen molar-refractivity contribution in [2.75, 3.05) is 12.8 Å². The molecule has 3 aromatic rings. The SMILES string of the molecule is COc1ccc2[nH]c(-c3cccc(N)c3)cc2c1. The van der Waals surface area contributed by atoms with Crippen molar-refractivity contribution in [3.63, 3.8) is 0 Å². The van der Waals surface area contributed by atoms with Gasteiger partial charge in [0.2, 0.25) is 0 Å². The summed E-state index contributed by atoms with van der Waals surface area (Å²) < 4.78 is 5.22. The predicted molar refractivity (Wildman–Crippen MR) is 74.7 cm³/mol. The fourth-order valence-electron chi connectivity index (χ4n) is 2.10. The van der Waals surface area contributed by atoms with E-state index in [1.807, 2.05) is 42.5 Å². The lowest BCUT2D eigenvalue weighted by atomic mass is 10.1. The number of anilines is 1. The zero-order chi connectivity index (χ0) is 12.5. The van der Waals surface area contributed by atoms with E-state index in [-0.39, 0.29) is 0 Å². The molecule has 2 aromatic carbocycles. The normalized spacial score (nSPS) is 10.7. The molecular weight excluding hydrogens is 224 g/mol. The maximum atomic E-state index is 5.80. The van der Waals surface area contributed by atoms with Gasteiger partial charge in [-0.1, -0.05) is 12.1 Å². The Morgan fingerprint density at radius 3 is 2.72 bits per heavy atom. The number of H-pyrrole nitrogens is 1. The third kappa shape index (κ3) is 1.80. The summed E-state index contributed by atoms with van der Waals surface area (Å²) in [4.78, 5) is 3.38. The van der Waals surface area contributed by atoms with Gasteiger partial charge in [-0.25, -0.2) is 0 Å². The molecule has 0 atom stereocenters. The van der Waals surface area contributed by atoms with Gasteiger partial charge in [0.25, 0.3) is 0 Å². The maximum Gasteiger partial charge on any atom is 0.119 e. The maximum absolute atomic E-state index is 5.80. The van der Waals surface area contributed by atoms with Gasteiger partial charge < -0.3 is 15.5 Å². The molecule has 0 saturated carbocycles. The Bertz CT molecular complexity index is 701. The van der Waals surface area contributed by atoms with E-state index in [2.05, 4.69) is 11.1 Å². The lowest BCUT2D eigenvalue weighted by molar-refractivity contribution is 0.415. The highest BCUT2D eigenvalue weighted by atomic mass is 16.5. The fourth-order valence-corrected chi connectivity index (χ4v) is 2.10. The van der Waals surface area contributed by atoms with Gasteiger partial charge in [-0.15, -0.1) is 0 Å². The van der Waals surface area contributed by atoms with Gasteiger partial charge in [-0.3, -0.25) is 0 Å². The number of benzene rings is 2. The van der Waals surface area contributed by atoms with Crippen molar-refractivity contribution in [2.45, 2.75) is 0 Å².